The predicted molar refractivity (Wildman–Crippen MR) is 82.7 cm³/mol. The van der Waals surface area contributed by atoms with Crippen LogP contribution in [-0.4, -0.2) is 32.5 Å². The minimum absolute atomic E-state index is 0.0195. The second-order valence-electron chi connectivity index (χ2n) is 6.44. The number of fused-ring (bicyclic) bond motifs is 1. The van der Waals surface area contributed by atoms with Crippen molar-refractivity contribution in [2.45, 2.75) is 45.4 Å². The first-order chi connectivity index (χ1) is 10.4. The fourth-order valence-corrected chi connectivity index (χ4v) is 2.68. The number of pyridine rings is 1. The van der Waals surface area contributed by atoms with E-state index in [1.807, 2.05) is 50.0 Å². The van der Waals surface area contributed by atoms with Gasteiger partial charge in [0.1, 0.15) is 5.60 Å². The van der Waals surface area contributed by atoms with Crippen LogP contribution in [0.5, 0.6) is 0 Å². The van der Waals surface area contributed by atoms with Gasteiger partial charge in [-0.15, -0.1) is 0 Å². The minimum atomic E-state index is -0.525. The van der Waals surface area contributed by atoms with Crippen molar-refractivity contribution in [3.05, 3.63) is 42.5 Å². The molecular weight excluding hydrogens is 280 g/mol. The van der Waals surface area contributed by atoms with Crippen molar-refractivity contribution in [3.63, 3.8) is 0 Å². The number of amides is 1. The van der Waals surface area contributed by atoms with Gasteiger partial charge in [-0.25, -0.2) is 4.79 Å². The van der Waals surface area contributed by atoms with E-state index in [1.165, 1.54) is 0 Å². The van der Waals surface area contributed by atoms with Gasteiger partial charge in [-0.1, -0.05) is 0 Å². The van der Waals surface area contributed by atoms with Crippen LogP contribution >= 0.6 is 0 Å². The molecule has 22 heavy (non-hydrogen) atoms. The molecule has 3 heterocycles. The summed E-state index contributed by atoms with van der Waals surface area (Å²) < 4.78 is 7.40. The van der Waals surface area contributed by atoms with Crippen molar-refractivity contribution in [3.8, 4) is 0 Å². The van der Waals surface area contributed by atoms with Crippen LogP contribution in [0.15, 0.2) is 36.9 Å². The van der Waals surface area contributed by atoms with Crippen LogP contribution in [0.25, 0.3) is 0 Å². The van der Waals surface area contributed by atoms with Crippen LogP contribution in [0.1, 0.15) is 26.3 Å². The Bertz CT molecular complexity index is 659. The van der Waals surface area contributed by atoms with Crippen LogP contribution in [0.3, 0.4) is 0 Å². The van der Waals surface area contributed by atoms with Crippen LogP contribution in [-0.2, 0) is 17.7 Å². The average molecular weight is 300 g/mol. The van der Waals surface area contributed by atoms with Gasteiger partial charge in [0.25, 0.3) is 0 Å². The lowest BCUT2D eigenvalue weighted by Gasteiger charge is -2.29. The molecule has 0 spiro atoms. The summed E-state index contributed by atoms with van der Waals surface area (Å²) in [6.45, 7) is 6.24. The van der Waals surface area contributed by atoms with Crippen LogP contribution in [0, 0.1) is 0 Å². The number of anilines is 1. The van der Waals surface area contributed by atoms with Gasteiger partial charge in [0.05, 0.1) is 18.3 Å². The van der Waals surface area contributed by atoms with Gasteiger partial charge in [0, 0.05) is 24.8 Å². The number of hydrogen-bond acceptors (Lipinski definition) is 4. The Balaban J connectivity index is 1.88. The third kappa shape index (κ3) is 2.95. The first-order valence-electron chi connectivity index (χ1n) is 7.36. The molecule has 1 aliphatic heterocycles. The van der Waals surface area contributed by atoms with Gasteiger partial charge >= 0.3 is 6.09 Å². The Morgan fingerprint density at radius 1 is 1.41 bits per heavy atom. The first kappa shape index (κ1) is 14.6. The van der Waals surface area contributed by atoms with Crippen molar-refractivity contribution in [1.82, 2.24) is 14.8 Å². The maximum Gasteiger partial charge on any atom is 0.415 e. The molecular formula is C16H20N4O2. The van der Waals surface area contributed by atoms with E-state index < -0.39 is 5.60 Å². The summed E-state index contributed by atoms with van der Waals surface area (Å²) in [5, 5.41) is 4.23. The molecule has 1 unspecified atom stereocenters. The van der Waals surface area contributed by atoms with Crippen molar-refractivity contribution < 1.29 is 9.53 Å². The zero-order valence-corrected chi connectivity index (χ0v) is 13.1. The SMILES string of the molecule is CC(C)(C)OC(=O)N1c2ccncc2CC1Cn1cccn1. The lowest BCUT2D eigenvalue weighted by Crippen LogP contribution is -2.43. The zero-order chi connectivity index (χ0) is 15.7. The van der Waals surface area contributed by atoms with E-state index in [4.69, 9.17) is 4.74 Å². The van der Waals surface area contributed by atoms with E-state index in [1.54, 1.807) is 17.3 Å². The van der Waals surface area contributed by atoms with Gasteiger partial charge in [-0.05, 0) is 44.9 Å². The summed E-state index contributed by atoms with van der Waals surface area (Å²) in [5.74, 6) is 0. The topological polar surface area (TPSA) is 60.2 Å². The molecule has 0 radical (unpaired) electrons. The number of carbonyl (C=O) groups excluding carboxylic acids is 1. The van der Waals surface area contributed by atoms with Gasteiger partial charge < -0.3 is 4.74 Å². The average Bonchev–Trinajstić information content (AvgIpc) is 3.03. The molecule has 116 valence electrons. The highest BCUT2D eigenvalue weighted by molar-refractivity contribution is 5.91. The second-order valence-corrected chi connectivity index (χ2v) is 6.44. The van der Waals surface area contributed by atoms with Crippen LogP contribution in [0.4, 0.5) is 10.5 Å². The Hall–Kier alpha value is -2.37. The van der Waals surface area contributed by atoms with Crippen molar-refractivity contribution in [2.24, 2.45) is 0 Å². The highest BCUT2D eigenvalue weighted by atomic mass is 16.6. The van der Waals surface area contributed by atoms with Gasteiger partial charge in [0.15, 0.2) is 0 Å². The molecule has 0 bridgehead atoms. The van der Waals surface area contributed by atoms with E-state index in [0.717, 1.165) is 17.7 Å². The largest absolute Gasteiger partial charge is 0.443 e. The first-order valence-corrected chi connectivity index (χ1v) is 7.36. The summed E-state index contributed by atoms with van der Waals surface area (Å²) >= 11 is 0. The molecule has 0 N–H and O–H groups in total. The number of nitrogens with zero attached hydrogens (tertiary/aromatic N) is 4. The summed E-state index contributed by atoms with van der Waals surface area (Å²) in [4.78, 5) is 18.5. The normalized spacial score (nSPS) is 17.4. The molecule has 1 amide bonds. The van der Waals surface area contributed by atoms with E-state index in [9.17, 15) is 4.79 Å². The molecule has 0 fully saturated rings. The lowest BCUT2D eigenvalue weighted by atomic mass is 10.1. The predicted octanol–water partition coefficient (Wildman–Crippen LogP) is 2.64. The second kappa shape index (κ2) is 5.44. The highest BCUT2D eigenvalue weighted by Crippen LogP contribution is 2.33. The van der Waals surface area contributed by atoms with Crippen LogP contribution in [0.2, 0.25) is 0 Å². The summed E-state index contributed by atoms with van der Waals surface area (Å²) in [6, 6.07) is 3.72. The smallest absolute Gasteiger partial charge is 0.415 e. The molecule has 3 rings (SSSR count). The fraction of sp³-hybridized carbons (Fsp3) is 0.438. The van der Waals surface area contributed by atoms with Gasteiger partial charge in [-0.3, -0.25) is 14.6 Å². The molecule has 0 aliphatic carbocycles. The summed E-state index contributed by atoms with van der Waals surface area (Å²) in [6.07, 6.45) is 7.58. The van der Waals surface area contributed by atoms with Crippen molar-refractivity contribution in [1.29, 1.82) is 0 Å². The monoisotopic (exact) mass is 300 g/mol. The maximum absolute atomic E-state index is 12.6. The van der Waals surface area contributed by atoms with Gasteiger partial charge in [-0.2, -0.15) is 5.10 Å². The Morgan fingerprint density at radius 3 is 2.91 bits per heavy atom. The Kier molecular flexibility index (Phi) is 3.60. The maximum atomic E-state index is 12.6. The lowest BCUT2D eigenvalue weighted by molar-refractivity contribution is 0.0566. The molecule has 0 saturated carbocycles. The number of aromatic nitrogens is 3. The quantitative estimate of drug-likeness (QED) is 0.855. The van der Waals surface area contributed by atoms with Crippen molar-refractivity contribution >= 4 is 11.8 Å². The molecule has 0 aromatic carbocycles. The number of rotatable bonds is 2. The molecule has 2 aromatic heterocycles. The fourth-order valence-electron chi connectivity index (χ4n) is 2.68. The Morgan fingerprint density at radius 2 is 2.23 bits per heavy atom. The van der Waals surface area contributed by atoms with E-state index in [0.29, 0.717) is 6.54 Å². The zero-order valence-electron chi connectivity index (χ0n) is 13.1. The molecule has 6 nitrogen and oxygen atoms in total. The van der Waals surface area contributed by atoms with Crippen molar-refractivity contribution in [2.75, 3.05) is 4.90 Å². The molecule has 2 aromatic rings. The molecule has 1 atom stereocenters. The Labute approximate surface area is 129 Å². The highest BCUT2D eigenvalue weighted by Gasteiger charge is 2.36. The number of carbonyl (C=O) groups is 1. The van der Waals surface area contributed by atoms with E-state index >= 15 is 0 Å². The van der Waals surface area contributed by atoms with E-state index in [-0.39, 0.29) is 12.1 Å². The summed E-state index contributed by atoms with van der Waals surface area (Å²) in [5.41, 5.74) is 1.41. The standard InChI is InChI=1S/C16H20N4O2/c1-16(2,3)22-15(21)20-13(11-19-8-4-6-18-19)9-12-10-17-7-5-14(12)20/h4-8,10,13H,9,11H2,1-3H3. The number of ether oxygens (including phenoxy) is 1. The summed E-state index contributed by atoms with van der Waals surface area (Å²) in [7, 11) is 0. The number of hydrogen-bond donors (Lipinski definition) is 0. The van der Waals surface area contributed by atoms with E-state index in [2.05, 4.69) is 10.1 Å². The van der Waals surface area contributed by atoms with Crippen LogP contribution < -0.4 is 4.90 Å². The molecule has 6 heteroatoms. The third-order valence-corrected chi connectivity index (χ3v) is 3.51. The molecule has 1 aliphatic rings. The third-order valence-electron chi connectivity index (χ3n) is 3.51. The minimum Gasteiger partial charge on any atom is -0.443 e. The van der Waals surface area contributed by atoms with Gasteiger partial charge in [0.2, 0.25) is 0 Å². The molecule has 0 saturated heterocycles.